The predicted molar refractivity (Wildman–Crippen MR) is 98.9 cm³/mol. The van der Waals surface area contributed by atoms with Gasteiger partial charge in [0.2, 0.25) is 5.95 Å². The third-order valence-electron chi connectivity index (χ3n) is 3.52. The topological polar surface area (TPSA) is 69.1 Å². The average Bonchev–Trinajstić information content (AvgIpc) is 3.15. The molecule has 3 aromatic heterocycles. The van der Waals surface area contributed by atoms with Gasteiger partial charge in [-0.2, -0.15) is 0 Å². The Morgan fingerprint density at radius 2 is 1.92 bits per heavy atom. The van der Waals surface area contributed by atoms with Crippen molar-refractivity contribution in [1.29, 1.82) is 0 Å². The second-order valence-electron chi connectivity index (χ2n) is 5.08. The largest absolute Gasteiger partial charge is 0.368 e. The summed E-state index contributed by atoms with van der Waals surface area (Å²) in [5.74, 6) is 0.254. The van der Waals surface area contributed by atoms with Crippen molar-refractivity contribution in [3.63, 3.8) is 0 Å². The summed E-state index contributed by atoms with van der Waals surface area (Å²) in [6, 6.07) is 9.47. The molecule has 3 heterocycles. The minimum absolute atomic E-state index is 0.254. The SMILES string of the molecule is Nc1nccc(/C=C/c2c(-c3ccc(Cl)cc3)nc3sccn23)n1. The number of hydrogen-bond donors (Lipinski definition) is 1. The molecule has 0 aliphatic heterocycles. The summed E-state index contributed by atoms with van der Waals surface area (Å²) in [7, 11) is 0. The highest BCUT2D eigenvalue weighted by molar-refractivity contribution is 7.15. The van der Waals surface area contributed by atoms with Crippen LogP contribution in [0.5, 0.6) is 0 Å². The fourth-order valence-corrected chi connectivity index (χ4v) is 3.28. The highest BCUT2D eigenvalue weighted by atomic mass is 35.5. The van der Waals surface area contributed by atoms with Crippen molar-refractivity contribution in [2.45, 2.75) is 0 Å². The summed E-state index contributed by atoms with van der Waals surface area (Å²) in [4.78, 5) is 13.8. The molecule has 0 fully saturated rings. The van der Waals surface area contributed by atoms with Crippen LogP contribution >= 0.6 is 22.9 Å². The molecule has 4 rings (SSSR count). The standard InChI is InChI=1S/C17H12ClN5S/c18-12-3-1-11(2-4-12)15-14(23-9-10-24-17(23)22-15)6-5-13-7-8-20-16(19)21-13/h1-10H,(H2,19,20,21)/b6-5+. The van der Waals surface area contributed by atoms with E-state index in [1.54, 1.807) is 23.6 Å². The van der Waals surface area contributed by atoms with Crippen molar-refractivity contribution in [2.75, 3.05) is 5.73 Å². The zero-order chi connectivity index (χ0) is 16.5. The van der Waals surface area contributed by atoms with Crippen LogP contribution in [-0.4, -0.2) is 19.4 Å². The van der Waals surface area contributed by atoms with Gasteiger partial charge in [0.05, 0.1) is 17.1 Å². The molecule has 0 aliphatic rings. The van der Waals surface area contributed by atoms with Gasteiger partial charge >= 0.3 is 0 Å². The summed E-state index contributed by atoms with van der Waals surface area (Å²) in [6.07, 6.45) is 7.52. The van der Waals surface area contributed by atoms with Crippen molar-refractivity contribution in [2.24, 2.45) is 0 Å². The van der Waals surface area contributed by atoms with E-state index in [0.717, 1.165) is 27.6 Å². The molecule has 0 amide bonds. The second-order valence-corrected chi connectivity index (χ2v) is 6.39. The van der Waals surface area contributed by atoms with Gasteiger partial charge in [0.25, 0.3) is 0 Å². The van der Waals surface area contributed by atoms with Crippen LogP contribution in [0.1, 0.15) is 11.4 Å². The van der Waals surface area contributed by atoms with Gasteiger partial charge < -0.3 is 5.73 Å². The van der Waals surface area contributed by atoms with E-state index < -0.39 is 0 Å². The van der Waals surface area contributed by atoms with E-state index in [2.05, 4.69) is 14.4 Å². The van der Waals surface area contributed by atoms with Crippen molar-refractivity contribution >= 4 is 46.0 Å². The quantitative estimate of drug-likeness (QED) is 0.597. The van der Waals surface area contributed by atoms with Crippen molar-refractivity contribution in [1.82, 2.24) is 19.4 Å². The minimum atomic E-state index is 0.254. The Balaban J connectivity index is 1.82. The van der Waals surface area contributed by atoms with E-state index >= 15 is 0 Å². The van der Waals surface area contributed by atoms with Crippen molar-refractivity contribution in [3.05, 3.63) is 64.5 Å². The van der Waals surface area contributed by atoms with Gasteiger partial charge in [-0.15, -0.1) is 11.3 Å². The lowest BCUT2D eigenvalue weighted by atomic mass is 10.1. The summed E-state index contributed by atoms with van der Waals surface area (Å²) in [6.45, 7) is 0. The number of nitrogen functional groups attached to an aromatic ring is 1. The van der Waals surface area contributed by atoms with Gasteiger partial charge in [-0.1, -0.05) is 23.7 Å². The molecule has 24 heavy (non-hydrogen) atoms. The molecular formula is C17H12ClN5S. The number of fused-ring (bicyclic) bond motifs is 1. The van der Waals surface area contributed by atoms with Crippen molar-refractivity contribution in [3.8, 4) is 11.3 Å². The van der Waals surface area contributed by atoms with E-state index in [1.807, 2.05) is 48.0 Å². The molecule has 2 N–H and O–H groups in total. The van der Waals surface area contributed by atoms with E-state index in [1.165, 1.54) is 0 Å². The molecular weight excluding hydrogens is 342 g/mol. The maximum Gasteiger partial charge on any atom is 0.220 e. The third kappa shape index (κ3) is 2.77. The maximum absolute atomic E-state index is 5.99. The molecule has 4 aromatic rings. The first-order chi connectivity index (χ1) is 11.7. The molecule has 0 atom stereocenters. The minimum Gasteiger partial charge on any atom is -0.368 e. The lowest BCUT2D eigenvalue weighted by molar-refractivity contribution is 1.17. The Bertz CT molecular complexity index is 1030. The van der Waals surface area contributed by atoms with Gasteiger partial charge in [-0.05, 0) is 30.4 Å². The van der Waals surface area contributed by atoms with Crippen LogP contribution in [0.4, 0.5) is 5.95 Å². The van der Waals surface area contributed by atoms with Gasteiger partial charge in [0, 0.05) is 28.4 Å². The van der Waals surface area contributed by atoms with E-state index in [0.29, 0.717) is 5.02 Å². The first kappa shape index (κ1) is 14.9. The van der Waals surface area contributed by atoms with Gasteiger partial charge in [0.15, 0.2) is 4.96 Å². The Morgan fingerprint density at radius 1 is 1.08 bits per heavy atom. The molecule has 0 spiro atoms. The number of imidazole rings is 1. The van der Waals surface area contributed by atoms with Crippen LogP contribution in [0.15, 0.2) is 48.1 Å². The molecule has 0 bridgehead atoms. The molecule has 7 heteroatoms. The average molecular weight is 354 g/mol. The normalized spacial score (nSPS) is 11.5. The highest BCUT2D eigenvalue weighted by Gasteiger charge is 2.12. The molecule has 5 nitrogen and oxygen atoms in total. The first-order valence-corrected chi connectivity index (χ1v) is 8.44. The number of halogens is 1. The number of thiazole rings is 1. The number of nitrogens with zero attached hydrogens (tertiary/aromatic N) is 4. The van der Waals surface area contributed by atoms with E-state index in [-0.39, 0.29) is 5.95 Å². The number of hydrogen-bond acceptors (Lipinski definition) is 5. The molecule has 0 saturated heterocycles. The maximum atomic E-state index is 5.99. The zero-order valence-corrected chi connectivity index (χ0v) is 14.0. The summed E-state index contributed by atoms with van der Waals surface area (Å²) < 4.78 is 2.05. The highest BCUT2D eigenvalue weighted by Crippen LogP contribution is 2.29. The lowest BCUT2D eigenvalue weighted by Gasteiger charge is -2.01. The molecule has 118 valence electrons. The summed E-state index contributed by atoms with van der Waals surface area (Å²) >= 11 is 7.58. The fraction of sp³-hybridized carbons (Fsp3) is 0. The van der Waals surface area contributed by atoms with Crippen LogP contribution in [-0.2, 0) is 0 Å². The zero-order valence-electron chi connectivity index (χ0n) is 12.4. The van der Waals surface area contributed by atoms with Crippen LogP contribution in [0, 0.1) is 0 Å². The number of benzene rings is 1. The number of aromatic nitrogens is 4. The van der Waals surface area contributed by atoms with Gasteiger partial charge in [-0.25, -0.2) is 15.0 Å². The predicted octanol–water partition coefficient (Wildman–Crippen LogP) is 4.26. The van der Waals surface area contributed by atoms with Crippen LogP contribution < -0.4 is 5.73 Å². The third-order valence-corrected chi connectivity index (χ3v) is 4.53. The molecule has 0 unspecified atom stereocenters. The lowest BCUT2D eigenvalue weighted by Crippen LogP contribution is -1.94. The Morgan fingerprint density at radius 3 is 2.71 bits per heavy atom. The van der Waals surface area contributed by atoms with E-state index in [9.17, 15) is 0 Å². The molecule has 1 aromatic carbocycles. The fourth-order valence-electron chi connectivity index (χ4n) is 2.43. The second kappa shape index (κ2) is 6.07. The molecule has 0 aliphatic carbocycles. The Hall–Kier alpha value is -2.70. The number of anilines is 1. The van der Waals surface area contributed by atoms with Gasteiger partial charge in [-0.3, -0.25) is 4.40 Å². The van der Waals surface area contributed by atoms with Gasteiger partial charge in [0.1, 0.15) is 0 Å². The van der Waals surface area contributed by atoms with Crippen LogP contribution in [0.3, 0.4) is 0 Å². The molecule has 0 radical (unpaired) electrons. The molecule has 0 saturated carbocycles. The Kier molecular flexibility index (Phi) is 3.76. The monoisotopic (exact) mass is 353 g/mol. The first-order valence-electron chi connectivity index (χ1n) is 7.19. The van der Waals surface area contributed by atoms with Crippen LogP contribution in [0.2, 0.25) is 5.02 Å². The Labute approximate surface area is 147 Å². The van der Waals surface area contributed by atoms with Crippen LogP contribution in [0.25, 0.3) is 28.4 Å². The van der Waals surface area contributed by atoms with E-state index in [4.69, 9.17) is 22.3 Å². The summed E-state index contributed by atoms with van der Waals surface area (Å²) in [5, 5.41) is 2.71. The number of nitrogens with two attached hydrogens (primary N) is 1. The summed E-state index contributed by atoms with van der Waals surface area (Å²) in [5.41, 5.74) is 9.27. The smallest absolute Gasteiger partial charge is 0.220 e. The number of rotatable bonds is 3. The van der Waals surface area contributed by atoms with Crippen molar-refractivity contribution < 1.29 is 0 Å².